The van der Waals surface area contributed by atoms with Gasteiger partial charge in [-0.25, -0.2) is 0 Å². The average molecular weight is 836 g/mol. The highest BCUT2D eigenvalue weighted by Gasteiger charge is 2.50. The molecule has 63 heavy (non-hydrogen) atoms. The molecule has 0 spiro atoms. The van der Waals surface area contributed by atoms with Crippen molar-refractivity contribution in [3.63, 3.8) is 0 Å². The van der Waals surface area contributed by atoms with E-state index in [-0.39, 0.29) is 0 Å². The zero-order chi connectivity index (χ0) is 41.7. The maximum Gasteiger partial charge on any atom is 0.181 e. The van der Waals surface area contributed by atoms with E-state index in [0.717, 1.165) is 17.1 Å². The number of nitrogens with zero attached hydrogens (tertiary/aromatic N) is 1. The summed E-state index contributed by atoms with van der Waals surface area (Å²) in [4.78, 5) is 2.36. The van der Waals surface area contributed by atoms with E-state index in [1.54, 1.807) is 0 Å². The fourth-order valence-corrected chi connectivity index (χ4v) is 16.7. The van der Waals surface area contributed by atoms with E-state index in [9.17, 15) is 0 Å². The molecule has 1 aliphatic rings. The summed E-state index contributed by atoms with van der Waals surface area (Å²) in [6.07, 6.45) is 0. The molecule has 3 heteroatoms. The smallest absolute Gasteiger partial charge is 0.181 e. The van der Waals surface area contributed by atoms with E-state index < -0.39 is 8.07 Å². The second-order valence-electron chi connectivity index (χ2n) is 16.4. The Morgan fingerprint density at radius 1 is 0.317 bits per heavy atom. The summed E-state index contributed by atoms with van der Waals surface area (Å²) in [7, 11) is -2.83. The van der Waals surface area contributed by atoms with Gasteiger partial charge in [-0.15, -0.1) is 11.3 Å². The molecule has 296 valence electrons. The minimum absolute atomic E-state index is 1.11. The molecule has 0 atom stereocenters. The highest BCUT2D eigenvalue weighted by Crippen LogP contribution is 2.44. The maximum atomic E-state index is 2.48. The first-order chi connectivity index (χ1) is 31.3. The predicted octanol–water partition coefficient (Wildman–Crippen LogP) is 13.9. The van der Waals surface area contributed by atoms with Gasteiger partial charge in [0, 0.05) is 37.2 Å². The van der Waals surface area contributed by atoms with Crippen LogP contribution in [-0.2, 0) is 0 Å². The summed E-state index contributed by atoms with van der Waals surface area (Å²) in [6, 6.07) is 92.1. The molecule has 10 aromatic carbocycles. The van der Waals surface area contributed by atoms with Crippen molar-refractivity contribution in [2.45, 2.75) is 0 Å². The minimum atomic E-state index is -2.83. The fraction of sp³-hybridized carbons (Fsp3) is 0. The summed E-state index contributed by atoms with van der Waals surface area (Å²) in [5.74, 6) is 0. The second kappa shape index (κ2) is 15.4. The largest absolute Gasteiger partial charge is 0.311 e. The molecule has 0 saturated heterocycles. The standard InChI is InChI=1S/C60H41NSSi/c1-5-16-42(17-6-1)43-28-30-44(31-29-43)45-32-36-48(37-33-45)61(47-18-7-2-8-19-47)49-38-34-46(35-39-49)52-25-15-26-54-59-57(41-40-56-58(59)53-24-13-14-27-55(53)62-56)63(60(52)54,50-20-9-3-10-21-50)51-22-11-4-12-23-51/h1-41H. The van der Waals surface area contributed by atoms with Crippen molar-refractivity contribution in [1.82, 2.24) is 0 Å². The first kappa shape index (κ1) is 37.2. The van der Waals surface area contributed by atoms with Gasteiger partial charge in [0.1, 0.15) is 0 Å². The summed E-state index contributed by atoms with van der Waals surface area (Å²) in [5, 5.41) is 8.49. The molecule has 0 N–H and O–H groups in total. The van der Waals surface area contributed by atoms with Crippen molar-refractivity contribution < 1.29 is 0 Å². The maximum absolute atomic E-state index is 2.83. The van der Waals surface area contributed by atoms with Crippen LogP contribution in [0.5, 0.6) is 0 Å². The SMILES string of the molecule is c1ccc(-c2ccc(-c3ccc(N(c4ccccc4)c4ccc(-c5cccc6c5[Si](c5ccccc5)(c5ccccc5)c5ccc7sc8ccccc8c7c5-6)cc4)cc3)cc2)cc1. The van der Waals surface area contributed by atoms with Crippen molar-refractivity contribution >= 4 is 77.4 Å². The van der Waals surface area contributed by atoms with Gasteiger partial charge in [0.05, 0.1) is 0 Å². The van der Waals surface area contributed by atoms with Crippen molar-refractivity contribution in [1.29, 1.82) is 0 Å². The van der Waals surface area contributed by atoms with Gasteiger partial charge in [0.25, 0.3) is 0 Å². The molecule has 0 fully saturated rings. The van der Waals surface area contributed by atoms with E-state index in [1.165, 1.54) is 85.4 Å². The molecular formula is C60H41NSSi. The topological polar surface area (TPSA) is 3.24 Å². The zero-order valence-electron chi connectivity index (χ0n) is 34.5. The molecule has 0 aliphatic carbocycles. The van der Waals surface area contributed by atoms with Crippen LogP contribution in [0.25, 0.3) is 64.7 Å². The van der Waals surface area contributed by atoms with Crippen LogP contribution < -0.4 is 25.6 Å². The molecule has 0 radical (unpaired) electrons. The molecule has 1 aliphatic heterocycles. The number of fused-ring (bicyclic) bond motifs is 7. The first-order valence-electron chi connectivity index (χ1n) is 21.7. The second-order valence-corrected chi connectivity index (χ2v) is 21.2. The van der Waals surface area contributed by atoms with Crippen molar-refractivity contribution in [2.75, 3.05) is 4.90 Å². The van der Waals surface area contributed by atoms with E-state index >= 15 is 0 Å². The van der Waals surface area contributed by atoms with Gasteiger partial charge in [0.15, 0.2) is 8.07 Å². The van der Waals surface area contributed by atoms with Gasteiger partial charge in [-0.3, -0.25) is 0 Å². The van der Waals surface area contributed by atoms with Gasteiger partial charge < -0.3 is 4.90 Å². The lowest BCUT2D eigenvalue weighted by Crippen LogP contribution is -2.73. The molecule has 11 aromatic rings. The van der Waals surface area contributed by atoms with Crippen molar-refractivity contribution in [2.24, 2.45) is 0 Å². The molecule has 0 amide bonds. The number of anilines is 3. The van der Waals surface area contributed by atoms with Crippen molar-refractivity contribution in [3.05, 3.63) is 249 Å². The third-order valence-corrected chi connectivity index (χ3v) is 19.0. The summed E-state index contributed by atoms with van der Waals surface area (Å²) >= 11 is 1.91. The Morgan fingerprint density at radius 2 is 0.778 bits per heavy atom. The molecule has 0 saturated carbocycles. The highest BCUT2D eigenvalue weighted by molar-refractivity contribution is 7.26. The number of benzene rings is 10. The summed E-state index contributed by atoms with van der Waals surface area (Å²) in [5.41, 5.74) is 13.5. The third kappa shape index (κ3) is 6.12. The molecular weight excluding hydrogens is 795 g/mol. The van der Waals surface area contributed by atoms with Crippen LogP contribution in [0.3, 0.4) is 0 Å². The van der Waals surface area contributed by atoms with E-state index in [4.69, 9.17) is 0 Å². The molecule has 1 aromatic heterocycles. The van der Waals surface area contributed by atoms with Gasteiger partial charge in [-0.05, 0) is 114 Å². The van der Waals surface area contributed by atoms with E-state index in [0.29, 0.717) is 0 Å². The lowest BCUT2D eigenvalue weighted by atomic mass is 9.96. The van der Waals surface area contributed by atoms with E-state index in [1.807, 2.05) is 11.3 Å². The minimum Gasteiger partial charge on any atom is -0.311 e. The Bertz CT molecular complexity index is 3360. The summed E-state index contributed by atoms with van der Waals surface area (Å²) in [6.45, 7) is 0. The van der Waals surface area contributed by atoms with Crippen LogP contribution in [-0.4, -0.2) is 8.07 Å². The Morgan fingerprint density at radius 3 is 1.38 bits per heavy atom. The molecule has 2 heterocycles. The Balaban J connectivity index is 0.997. The lowest BCUT2D eigenvalue weighted by molar-refractivity contribution is 1.28. The Labute approximate surface area is 373 Å². The monoisotopic (exact) mass is 835 g/mol. The Kier molecular flexibility index (Phi) is 9.10. The predicted molar refractivity (Wildman–Crippen MR) is 273 cm³/mol. The number of hydrogen-bond acceptors (Lipinski definition) is 2. The van der Waals surface area contributed by atoms with Crippen LogP contribution >= 0.6 is 11.3 Å². The van der Waals surface area contributed by atoms with Crippen LogP contribution in [0.4, 0.5) is 17.1 Å². The van der Waals surface area contributed by atoms with Gasteiger partial charge >= 0.3 is 0 Å². The molecule has 0 unspecified atom stereocenters. The number of para-hydroxylation sites is 1. The van der Waals surface area contributed by atoms with Crippen LogP contribution in [0.15, 0.2) is 249 Å². The molecule has 12 rings (SSSR count). The van der Waals surface area contributed by atoms with Crippen molar-refractivity contribution in [3.8, 4) is 44.5 Å². The lowest BCUT2D eigenvalue weighted by Gasteiger charge is -2.33. The summed E-state index contributed by atoms with van der Waals surface area (Å²) < 4.78 is 2.68. The van der Waals surface area contributed by atoms with Gasteiger partial charge in [-0.1, -0.05) is 200 Å². The van der Waals surface area contributed by atoms with Crippen LogP contribution in [0.2, 0.25) is 0 Å². The number of hydrogen-bond donors (Lipinski definition) is 0. The highest BCUT2D eigenvalue weighted by atomic mass is 32.1. The molecule has 0 bridgehead atoms. The average Bonchev–Trinajstić information content (AvgIpc) is 3.90. The zero-order valence-corrected chi connectivity index (χ0v) is 36.3. The molecule has 1 nitrogen and oxygen atoms in total. The van der Waals surface area contributed by atoms with Gasteiger partial charge in [0.2, 0.25) is 0 Å². The van der Waals surface area contributed by atoms with E-state index in [2.05, 4.69) is 254 Å². The fourth-order valence-electron chi connectivity index (χ4n) is 10.2. The van der Waals surface area contributed by atoms with Gasteiger partial charge in [-0.2, -0.15) is 0 Å². The van der Waals surface area contributed by atoms with Crippen LogP contribution in [0, 0.1) is 0 Å². The van der Waals surface area contributed by atoms with Crippen LogP contribution in [0.1, 0.15) is 0 Å². The third-order valence-electron chi connectivity index (χ3n) is 13.0. The Hall–Kier alpha value is -7.56. The quantitative estimate of drug-likeness (QED) is 0.138. The first-order valence-corrected chi connectivity index (χ1v) is 24.5. The normalized spacial score (nSPS) is 12.6. The number of thiophene rings is 1. The number of rotatable bonds is 8.